The highest BCUT2D eigenvalue weighted by molar-refractivity contribution is 5.50. The minimum atomic E-state index is -4.32. The Morgan fingerprint density at radius 2 is 2.24 bits per heavy atom. The molecule has 1 saturated heterocycles. The second-order valence-electron chi connectivity index (χ2n) is 4.18. The lowest BCUT2D eigenvalue weighted by molar-refractivity contribution is -0.137. The number of hydrogen-bond donors (Lipinski definition) is 1. The molecule has 1 heterocycles. The number of nitrogens with one attached hydrogen (secondary N) is 1. The van der Waals surface area contributed by atoms with E-state index in [9.17, 15) is 13.2 Å². The summed E-state index contributed by atoms with van der Waals surface area (Å²) in [6.45, 7) is 1.53. The van der Waals surface area contributed by atoms with Crippen molar-refractivity contribution in [1.82, 2.24) is 5.32 Å². The van der Waals surface area contributed by atoms with Crippen LogP contribution in [0.25, 0.3) is 0 Å². The zero-order valence-electron chi connectivity index (χ0n) is 9.51. The molecule has 0 unspecified atom stereocenters. The van der Waals surface area contributed by atoms with Crippen molar-refractivity contribution in [2.45, 2.75) is 18.6 Å². The summed E-state index contributed by atoms with van der Waals surface area (Å²) in [6, 6.07) is 6.76. The van der Waals surface area contributed by atoms with E-state index < -0.39 is 11.7 Å². The molecule has 1 aliphatic rings. The van der Waals surface area contributed by atoms with Gasteiger partial charge in [-0.2, -0.15) is 13.2 Å². The van der Waals surface area contributed by atoms with E-state index in [-0.39, 0.29) is 0 Å². The first-order valence-corrected chi connectivity index (χ1v) is 5.52. The molecule has 0 amide bonds. The number of likely N-dealkylation sites (N-methyl/N-ethyl adjacent to an activating group) is 1. The van der Waals surface area contributed by atoms with Crippen molar-refractivity contribution >= 4 is 5.69 Å². The van der Waals surface area contributed by atoms with Gasteiger partial charge in [0.05, 0.1) is 5.56 Å². The van der Waals surface area contributed by atoms with Crippen molar-refractivity contribution in [3.05, 3.63) is 29.8 Å². The first-order chi connectivity index (χ1) is 8.00. The fourth-order valence-corrected chi connectivity index (χ4v) is 2.05. The molecule has 1 fully saturated rings. The SMILES string of the molecule is CN[C@H]1CCN(c2cc[c]c(C(F)(F)F)c2)C1. The molecular formula is C12H14F3N2. The highest BCUT2D eigenvalue weighted by atomic mass is 19.4. The third-order valence-corrected chi connectivity index (χ3v) is 3.05. The van der Waals surface area contributed by atoms with Crippen LogP contribution in [0.5, 0.6) is 0 Å². The predicted molar refractivity (Wildman–Crippen MR) is 60.0 cm³/mol. The Balaban J connectivity index is 2.17. The Bertz CT molecular complexity index is 390. The molecule has 0 saturated carbocycles. The van der Waals surface area contributed by atoms with Gasteiger partial charge in [-0.25, -0.2) is 0 Å². The van der Waals surface area contributed by atoms with Gasteiger partial charge >= 0.3 is 6.18 Å². The van der Waals surface area contributed by atoms with Gasteiger partial charge in [-0.05, 0) is 31.7 Å². The maximum absolute atomic E-state index is 12.5. The summed E-state index contributed by atoms with van der Waals surface area (Å²) in [4.78, 5) is 1.96. The average molecular weight is 243 g/mol. The zero-order valence-corrected chi connectivity index (χ0v) is 9.51. The van der Waals surface area contributed by atoms with Crippen LogP contribution in [0.1, 0.15) is 12.0 Å². The second kappa shape index (κ2) is 4.56. The fourth-order valence-electron chi connectivity index (χ4n) is 2.05. The van der Waals surface area contributed by atoms with E-state index in [1.165, 1.54) is 6.07 Å². The predicted octanol–water partition coefficient (Wildman–Crippen LogP) is 2.30. The molecule has 1 N–H and O–H groups in total. The Kier molecular flexibility index (Phi) is 3.28. The van der Waals surface area contributed by atoms with Gasteiger partial charge in [-0.1, -0.05) is 6.07 Å². The summed E-state index contributed by atoms with van der Waals surface area (Å²) in [6.07, 6.45) is -3.37. The first kappa shape index (κ1) is 12.2. The van der Waals surface area contributed by atoms with E-state index in [2.05, 4.69) is 11.4 Å². The van der Waals surface area contributed by atoms with Gasteiger partial charge in [0.1, 0.15) is 0 Å². The molecule has 0 bridgehead atoms. The topological polar surface area (TPSA) is 15.3 Å². The number of alkyl halides is 3. The number of benzene rings is 1. The molecule has 0 spiro atoms. The lowest BCUT2D eigenvalue weighted by atomic mass is 10.2. The minimum absolute atomic E-state index is 0.355. The molecule has 2 rings (SSSR count). The van der Waals surface area contributed by atoms with Crippen LogP contribution >= 0.6 is 0 Å². The van der Waals surface area contributed by atoms with Gasteiger partial charge in [0, 0.05) is 24.8 Å². The van der Waals surface area contributed by atoms with E-state index in [4.69, 9.17) is 0 Å². The van der Waals surface area contributed by atoms with Crippen LogP contribution in [0.15, 0.2) is 18.2 Å². The Morgan fingerprint density at radius 1 is 1.47 bits per heavy atom. The maximum atomic E-state index is 12.5. The molecule has 93 valence electrons. The van der Waals surface area contributed by atoms with Gasteiger partial charge in [0.15, 0.2) is 0 Å². The second-order valence-corrected chi connectivity index (χ2v) is 4.18. The largest absolute Gasteiger partial charge is 0.417 e. The third-order valence-electron chi connectivity index (χ3n) is 3.05. The van der Waals surface area contributed by atoms with Crippen molar-refractivity contribution in [1.29, 1.82) is 0 Å². The van der Waals surface area contributed by atoms with Crippen LogP contribution in [-0.2, 0) is 6.18 Å². The summed E-state index contributed by atoms with van der Waals surface area (Å²) in [5.74, 6) is 0. The lowest BCUT2D eigenvalue weighted by Crippen LogP contribution is -2.29. The maximum Gasteiger partial charge on any atom is 0.417 e. The summed E-state index contributed by atoms with van der Waals surface area (Å²) in [7, 11) is 1.87. The number of halogens is 3. The molecule has 2 nitrogen and oxygen atoms in total. The van der Waals surface area contributed by atoms with Crippen LogP contribution in [0.4, 0.5) is 18.9 Å². The van der Waals surface area contributed by atoms with Gasteiger partial charge in [-0.3, -0.25) is 0 Å². The quantitative estimate of drug-likeness (QED) is 0.857. The van der Waals surface area contributed by atoms with Crippen molar-refractivity contribution in [2.75, 3.05) is 25.0 Å². The molecule has 0 aliphatic carbocycles. The molecular weight excluding hydrogens is 229 g/mol. The Morgan fingerprint density at radius 3 is 2.82 bits per heavy atom. The zero-order chi connectivity index (χ0) is 12.5. The van der Waals surface area contributed by atoms with E-state index in [0.717, 1.165) is 25.6 Å². The van der Waals surface area contributed by atoms with Crippen molar-refractivity contribution in [2.24, 2.45) is 0 Å². The molecule has 17 heavy (non-hydrogen) atoms. The van der Waals surface area contributed by atoms with Crippen LogP contribution in [0, 0.1) is 6.07 Å². The number of nitrogens with zero attached hydrogens (tertiary/aromatic N) is 1. The monoisotopic (exact) mass is 243 g/mol. The summed E-state index contributed by atoms with van der Waals surface area (Å²) >= 11 is 0. The summed E-state index contributed by atoms with van der Waals surface area (Å²) in [5, 5.41) is 3.14. The van der Waals surface area contributed by atoms with Crippen LogP contribution in [0.2, 0.25) is 0 Å². The van der Waals surface area contributed by atoms with Crippen molar-refractivity contribution in [3.8, 4) is 0 Å². The molecule has 1 aromatic carbocycles. The number of rotatable bonds is 2. The van der Waals surface area contributed by atoms with Crippen LogP contribution < -0.4 is 10.2 Å². The fraction of sp³-hybridized carbons (Fsp3) is 0.500. The van der Waals surface area contributed by atoms with Crippen LogP contribution in [-0.4, -0.2) is 26.2 Å². The van der Waals surface area contributed by atoms with Gasteiger partial charge < -0.3 is 10.2 Å². The van der Waals surface area contributed by atoms with Crippen molar-refractivity contribution < 1.29 is 13.2 Å². The summed E-state index contributed by atoms with van der Waals surface area (Å²) < 4.78 is 37.6. The Hall–Kier alpha value is -1.23. The highest BCUT2D eigenvalue weighted by Gasteiger charge is 2.31. The average Bonchev–Trinajstić information content (AvgIpc) is 2.76. The molecule has 1 aliphatic heterocycles. The van der Waals surface area contributed by atoms with Crippen LogP contribution in [0.3, 0.4) is 0 Å². The molecule has 1 aromatic rings. The lowest BCUT2D eigenvalue weighted by Gasteiger charge is -2.19. The van der Waals surface area contributed by atoms with Crippen molar-refractivity contribution in [3.63, 3.8) is 0 Å². The third kappa shape index (κ3) is 2.72. The van der Waals surface area contributed by atoms with E-state index >= 15 is 0 Å². The standard InChI is InChI=1S/C12H14F3N2/c1-16-10-5-6-17(8-10)11-4-2-3-9(7-11)12(13,14)15/h2,4,7,10,16H,5-6,8H2,1H3/t10-/m0/s1. The van der Waals surface area contributed by atoms with E-state index in [0.29, 0.717) is 11.7 Å². The summed E-state index contributed by atoms with van der Waals surface area (Å²) in [5.41, 5.74) is -0.0864. The molecule has 0 aromatic heterocycles. The molecule has 1 atom stereocenters. The number of anilines is 1. The van der Waals surface area contributed by atoms with Gasteiger partial charge in [0.25, 0.3) is 0 Å². The van der Waals surface area contributed by atoms with Gasteiger partial charge in [-0.15, -0.1) is 0 Å². The Labute approximate surface area is 98.4 Å². The first-order valence-electron chi connectivity index (χ1n) is 5.52. The van der Waals surface area contributed by atoms with Gasteiger partial charge in [0.2, 0.25) is 0 Å². The van der Waals surface area contributed by atoms with E-state index in [1.54, 1.807) is 6.07 Å². The minimum Gasteiger partial charge on any atom is -0.370 e. The molecule has 5 heteroatoms. The molecule has 1 radical (unpaired) electrons. The highest BCUT2D eigenvalue weighted by Crippen LogP contribution is 2.32. The van der Waals surface area contributed by atoms with E-state index in [1.807, 2.05) is 11.9 Å². The smallest absolute Gasteiger partial charge is 0.370 e. The normalized spacial score (nSPS) is 20.9. The number of hydrogen-bond acceptors (Lipinski definition) is 2.